The molecule has 4 rings (SSSR count). The van der Waals surface area contributed by atoms with E-state index >= 15 is 0 Å². The molecular weight excluding hydrogens is 373 g/mol. The third-order valence-electron chi connectivity index (χ3n) is 5.83. The Bertz CT molecular complexity index is 910. The first kappa shape index (κ1) is 19.6. The molecule has 1 heterocycles. The lowest BCUT2D eigenvalue weighted by Crippen LogP contribution is -2.31. The molecular formula is C23H26FNO4. The van der Waals surface area contributed by atoms with Crippen LogP contribution in [0.5, 0.6) is 11.5 Å². The molecule has 2 aromatic rings. The molecule has 0 amide bonds. The summed E-state index contributed by atoms with van der Waals surface area (Å²) in [6.07, 6.45) is 4.86. The van der Waals surface area contributed by atoms with Gasteiger partial charge in [-0.2, -0.15) is 0 Å². The van der Waals surface area contributed by atoms with Gasteiger partial charge in [0.15, 0.2) is 11.5 Å². The topological polar surface area (TPSA) is 59.0 Å². The van der Waals surface area contributed by atoms with Crippen LogP contribution in [-0.4, -0.2) is 30.8 Å². The lowest BCUT2D eigenvalue weighted by Gasteiger charge is -2.32. The lowest BCUT2D eigenvalue weighted by atomic mass is 9.95. The minimum Gasteiger partial charge on any atom is -0.493 e. The van der Waals surface area contributed by atoms with Gasteiger partial charge in [-0.3, -0.25) is 4.79 Å². The summed E-state index contributed by atoms with van der Waals surface area (Å²) in [4.78, 5) is 12.8. The standard InChI is InChI=1S/C23H26FNO4/c1-28-21-12-19(24)20(13-22(21)29-18-3-2-4-18)25-10-9-16-11-15(6-8-23(26)27)5-7-17(16)14-25/h5,7,11-13,18H,2-4,6,8-10,14H2,1H3,(H,26,27). The van der Waals surface area contributed by atoms with E-state index in [2.05, 4.69) is 6.07 Å². The normalized spacial score (nSPS) is 16.1. The molecule has 0 saturated heterocycles. The number of aliphatic carboxylic acids is 1. The number of ether oxygens (including phenoxy) is 2. The fourth-order valence-electron chi connectivity index (χ4n) is 3.91. The predicted molar refractivity (Wildman–Crippen MR) is 108 cm³/mol. The van der Waals surface area contributed by atoms with Gasteiger partial charge in [-0.1, -0.05) is 18.2 Å². The highest BCUT2D eigenvalue weighted by atomic mass is 19.1. The van der Waals surface area contributed by atoms with Crippen LogP contribution in [0.25, 0.3) is 0 Å². The van der Waals surface area contributed by atoms with Crippen LogP contribution >= 0.6 is 0 Å². The molecule has 0 spiro atoms. The predicted octanol–water partition coefficient (Wildman–Crippen LogP) is 4.35. The molecule has 1 N–H and O–H groups in total. The summed E-state index contributed by atoms with van der Waals surface area (Å²) in [5.74, 6) is -0.0739. The van der Waals surface area contributed by atoms with Crippen LogP contribution in [0.2, 0.25) is 0 Å². The quantitative estimate of drug-likeness (QED) is 0.750. The molecule has 2 aromatic carbocycles. The minimum atomic E-state index is -0.788. The van der Waals surface area contributed by atoms with E-state index in [1.165, 1.54) is 25.2 Å². The van der Waals surface area contributed by atoms with Gasteiger partial charge in [-0.15, -0.1) is 0 Å². The van der Waals surface area contributed by atoms with E-state index in [9.17, 15) is 9.18 Å². The number of anilines is 1. The number of carbonyl (C=O) groups is 1. The number of rotatable bonds is 7. The molecule has 29 heavy (non-hydrogen) atoms. The van der Waals surface area contributed by atoms with Crippen molar-refractivity contribution in [1.29, 1.82) is 0 Å². The fraction of sp³-hybridized carbons (Fsp3) is 0.435. The smallest absolute Gasteiger partial charge is 0.303 e. The number of carboxylic acids is 1. The van der Waals surface area contributed by atoms with Crippen LogP contribution in [0.3, 0.4) is 0 Å². The minimum absolute atomic E-state index is 0.131. The van der Waals surface area contributed by atoms with E-state index in [-0.39, 0.29) is 18.3 Å². The first-order valence-corrected chi connectivity index (χ1v) is 10.1. The molecule has 5 nitrogen and oxygen atoms in total. The molecule has 0 bridgehead atoms. The molecule has 2 aliphatic rings. The van der Waals surface area contributed by atoms with Gasteiger partial charge in [0.25, 0.3) is 0 Å². The van der Waals surface area contributed by atoms with Crippen molar-refractivity contribution >= 4 is 11.7 Å². The largest absolute Gasteiger partial charge is 0.493 e. The first-order chi connectivity index (χ1) is 14.0. The third kappa shape index (κ3) is 4.31. The highest BCUT2D eigenvalue weighted by Crippen LogP contribution is 2.38. The number of benzene rings is 2. The van der Waals surface area contributed by atoms with Gasteiger partial charge in [-0.05, 0) is 48.8 Å². The summed E-state index contributed by atoms with van der Waals surface area (Å²) in [6, 6.07) is 9.27. The number of methoxy groups -OCH3 is 1. The second-order valence-corrected chi connectivity index (χ2v) is 7.79. The summed E-state index contributed by atoms with van der Waals surface area (Å²) < 4.78 is 26.2. The van der Waals surface area contributed by atoms with Crippen LogP contribution in [-0.2, 0) is 24.2 Å². The molecule has 1 fully saturated rings. The number of nitrogens with zero attached hydrogens (tertiary/aromatic N) is 1. The van der Waals surface area contributed by atoms with Crippen molar-refractivity contribution in [1.82, 2.24) is 0 Å². The van der Waals surface area contributed by atoms with Gasteiger partial charge in [0.05, 0.1) is 18.9 Å². The van der Waals surface area contributed by atoms with Crippen molar-refractivity contribution in [3.63, 3.8) is 0 Å². The average Bonchev–Trinajstić information content (AvgIpc) is 2.69. The Morgan fingerprint density at radius 1 is 1.21 bits per heavy atom. The molecule has 1 saturated carbocycles. The monoisotopic (exact) mass is 399 g/mol. The number of aryl methyl sites for hydroxylation is 1. The van der Waals surface area contributed by atoms with Crippen molar-refractivity contribution in [3.05, 3.63) is 52.8 Å². The lowest BCUT2D eigenvalue weighted by molar-refractivity contribution is -0.136. The van der Waals surface area contributed by atoms with Gasteiger partial charge < -0.3 is 19.5 Å². The molecule has 0 atom stereocenters. The molecule has 0 unspecified atom stereocenters. The third-order valence-corrected chi connectivity index (χ3v) is 5.83. The van der Waals surface area contributed by atoms with Crippen LogP contribution in [0, 0.1) is 5.82 Å². The zero-order valence-corrected chi connectivity index (χ0v) is 16.6. The number of halogens is 1. The zero-order chi connectivity index (χ0) is 20.4. The molecule has 6 heteroatoms. The maximum atomic E-state index is 14.8. The maximum absolute atomic E-state index is 14.8. The van der Waals surface area contributed by atoms with Gasteiger partial charge in [-0.25, -0.2) is 4.39 Å². The van der Waals surface area contributed by atoms with E-state index < -0.39 is 5.97 Å². The van der Waals surface area contributed by atoms with Crippen LogP contribution in [0.1, 0.15) is 42.4 Å². The van der Waals surface area contributed by atoms with Gasteiger partial charge in [0, 0.05) is 31.6 Å². The fourth-order valence-corrected chi connectivity index (χ4v) is 3.91. The van der Waals surface area contributed by atoms with Gasteiger partial charge in [0.1, 0.15) is 5.82 Å². The van der Waals surface area contributed by atoms with E-state index in [1.807, 2.05) is 17.0 Å². The van der Waals surface area contributed by atoms with Crippen molar-refractivity contribution in [3.8, 4) is 11.5 Å². The van der Waals surface area contributed by atoms with Crippen molar-refractivity contribution in [2.24, 2.45) is 0 Å². The molecule has 1 aliphatic heterocycles. The Morgan fingerprint density at radius 2 is 2.03 bits per heavy atom. The second kappa shape index (κ2) is 8.31. The van der Waals surface area contributed by atoms with Gasteiger partial charge >= 0.3 is 5.97 Å². The Hall–Kier alpha value is -2.76. The Kier molecular flexibility index (Phi) is 5.60. The second-order valence-electron chi connectivity index (χ2n) is 7.79. The van der Waals surface area contributed by atoms with E-state index in [0.717, 1.165) is 30.4 Å². The summed E-state index contributed by atoms with van der Waals surface area (Å²) >= 11 is 0. The van der Waals surface area contributed by atoms with Gasteiger partial charge in [0.2, 0.25) is 0 Å². The first-order valence-electron chi connectivity index (χ1n) is 10.1. The average molecular weight is 399 g/mol. The highest BCUT2D eigenvalue weighted by Gasteiger charge is 2.25. The van der Waals surface area contributed by atoms with E-state index in [0.29, 0.717) is 36.7 Å². The molecule has 1 aliphatic carbocycles. The summed E-state index contributed by atoms with van der Waals surface area (Å²) in [6.45, 7) is 1.31. The molecule has 0 aromatic heterocycles. The number of carboxylic acid groups (broad SMARTS) is 1. The van der Waals surface area contributed by atoms with Crippen LogP contribution < -0.4 is 14.4 Å². The Morgan fingerprint density at radius 3 is 2.72 bits per heavy atom. The summed E-state index contributed by atoms with van der Waals surface area (Å²) in [7, 11) is 1.53. The van der Waals surface area contributed by atoms with Crippen LogP contribution in [0.4, 0.5) is 10.1 Å². The maximum Gasteiger partial charge on any atom is 0.303 e. The highest BCUT2D eigenvalue weighted by molar-refractivity contribution is 5.67. The summed E-state index contributed by atoms with van der Waals surface area (Å²) in [5, 5.41) is 8.87. The molecule has 154 valence electrons. The van der Waals surface area contributed by atoms with Crippen molar-refractivity contribution in [2.75, 3.05) is 18.6 Å². The zero-order valence-electron chi connectivity index (χ0n) is 16.6. The Labute approximate surface area is 170 Å². The van der Waals surface area contributed by atoms with Crippen LogP contribution in [0.15, 0.2) is 30.3 Å². The number of hydrogen-bond donors (Lipinski definition) is 1. The summed E-state index contributed by atoms with van der Waals surface area (Å²) in [5.41, 5.74) is 3.92. The number of fused-ring (bicyclic) bond motifs is 1. The number of hydrogen-bond acceptors (Lipinski definition) is 4. The van der Waals surface area contributed by atoms with E-state index in [1.54, 1.807) is 6.07 Å². The molecule has 0 radical (unpaired) electrons. The van der Waals surface area contributed by atoms with Crippen molar-refractivity contribution in [2.45, 2.75) is 51.2 Å². The van der Waals surface area contributed by atoms with E-state index in [4.69, 9.17) is 14.6 Å². The SMILES string of the molecule is COc1cc(F)c(N2CCc3cc(CCC(=O)O)ccc3C2)cc1OC1CCC1. The van der Waals surface area contributed by atoms with Crippen molar-refractivity contribution < 1.29 is 23.8 Å². The Balaban J connectivity index is 1.53.